The number of aryl methyl sites for hydroxylation is 2. The van der Waals surface area contributed by atoms with Gasteiger partial charge in [0.15, 0.2) is 5.82 Å². The van der Waals surface area contributed by atoms with Gasteiger partial charge in [0.2, 0.25) is 5.91 Å². The van der Waals surface area contributed by atoms with Gasteiger partial charge in [-0.25, -0.2) is 14.4 Å². The average molecular weight is 408 g/mol. The molecule has 0 spiro atoms. The third-order valence-electron chi connectivity index (χ3n) is 5.30. The third kappa shape index (κ3) is 4.17. The number of hydrogen-bond donors (Lipinski definition) is 0. The van der Waals surface area contributed by atoms with E-state index in [9.17, 15) is 9.18 Å². The van der Waals surface area contributed by atoms with E-state index in [2.05, 4.69) is 10.1 Å². The van der Waals surface area contributed by atoms with Gasteiger partial charge < -0.3 is 9.80 Å². The number of carbonyl (C=O) groups excluding carboxylic acids is 1. The van der Waals surface area contributed by atoms with Crippen LogP contribution in [0, 0.1) is 5.82 Å². The number of benzene rings is 1. The van der Waals surface area contributed by atoms with E-state index >= 15 is 0 Å². The monoisotopic (exact) mass is 408 g/mol. The molecule has 1 aromatic carbocycles. The molecule has 1 aliphatic rings. The van der Waals surface area contributed by atoms with Crippen molar-refractivity contribution >= 4 is 17.4 Å². The van der Waals surface area contributed by atoms with Gasteiger partial charge in [-0.2, -0.15) is 5.10 Å². The number of halogens is 1. The van der Waals surface area contributed by atoms with Gasteiger partial charge >= 0.3 is 0 Å². The maximum atomic E-state index is 13.0. The second kappa shape index (κ2) is 8.61. The second-order valence-electron chi connectivity index (χ2n) is 7.32. The Labute approximate surface area is 175 Å². The zero-order valence-corrected chi connectivity index (χ0v) is 17.3. The van der Waals surface area contributed by atoms with Crippen LogP contribution in [0.1, 0.15) is 30.8 Å². The first-order valence-corrected chi connectivity index (χ1v) is 10.2. The highest BCUT2D eigenvalue weighted by molar-refractivity contribution is 6.02. The molecule has 0 bridgehead atoms. The fourth-order valence-electron chi connectivity index (χ4n) is 3.67. The van der Waals surface area contributed by atoms with Crippen molar-refractivity contribution in [3.63, 3.8) is 0 Å². The quantitative estimate of drug-likeness (QED) is 0.601. The van der Waals surface area contributed by atoms with Crippen LogP contribution in [0.2, 0.25) is 0 Å². The zero-order chi connectivity index (χ0) is 21.1. The van der Waals surface area contributed by atoms with E-state index < -0.39 is 0 Å². The van der Waals surface area contributed by atoms with Crippen molar-refractivity contribution in [3.8, 4) is 0 Å². The molecule has 2 aromatic heterocycles. The number of anilines is 2. The molecular weight excluding hydrogens is 383 g/mol. The molecule has 8 heteroatoms. The summed E-state index contributed by atoms with van der Waals surface area (Å²) in [6.07, 6.45) is 7.06. The summed E-state index contributed by atoms with van der Waals surface area (Å²) in [7, 11) is 0. The van der Waals surface area contributed by atoms with Crippen LogP contribution in [0.3, 0.4) is 0 Å². The molecule has 0 N–H and O–H groups in total. The largest absolute Gasteiger partial charge is 0.346 e. The Morgan fingerprint density at radius 2 is 1.83 bits per heavy atom. The first-order chi connectivity index (χ1) is 14.6. The van der Waals surface area contributed by atoms with Gasteiger partial charge in [0.1, 0.15) is 17.3 Å². The molecule has 1 aliphatic heterocycles. The number of aromatic nitrogens is 4. The first kappa shape index (κ1) is 20.0. The zero-order valence-electron chi connectivity index (χ0n) is 17.3. The number of amides is 1. The van der Waals surface area contributed by atoms with Crippen molar-refractivity contribution in [2.24, 2.45) is 0 Å². The van der Waals surface area contributed by atoms with Gasteiger partial charge in [-0.05, 0) is 43.5 Å². The second-order valence-corrected chi connectivity index (χ2v) is 7.32. The Balaban J connectivity index is 1.44. The minimum Gasteiger partial charge on any atom is -0.346 e. The topological polar surface area (TPSA) is 67.2 Å². The van der Waals surface area contributed by atoms with Crippen LogP contribution in [0.4, 0.5) is 15.9 Å². The van der Waals surface area contributed by atoms with E-state index in [1.165, 1.54) is 12.1 Å². The number of rotatable bonds is 7. The Hall–Kier alpha value is -3.29. The highest BCUT2D eigenvalue weighted by atomic mass is 19.1. The molecule has 0 saturated heterocycles. The number of hydrogen-bond acceptors (Lipinski definition) is 5. The molecule has 3 aromatic rings. The summed E-state index contributed by atoms with van der Waals surface area (Å²) in [5.74, 6) is 1.43. The summed E-state index contributed by atoms with van der Waals surface area (Å²) in [6.45, 7) is 6.27. The maximum Gasteiger partial charge on any atom is 0.246 e. The number of nitrogens with zero attached hydrogens (tertiary/aromatic N) is 6. The van der Waals surface area contributed by atoms with Gasteiger partial charge in [0.05, 0.1) is 25.5 Å². The molecule has 156 valence electrons. The summed E-state index contributed by atoms with van der Waals surface area (Å²) in [6, 6.07) is 6.45. The molecule has 3 heterocycles. The van der Waals surface area contributed by atoms with Crippen molar-refractivity contribution in [1.82, 2.24) is 19.7 Å². The summed E-state index contributed by atoms with van der Waals surface area (Å²) in [5, 5.41) is 4.40. The highest BCUT2D eigenvalue weighted by Crippen LogP contribution is 2.30. The minimum atomic E-state index is -0.238. The Morgan fingerprint density at radius 1 is 1.03 bits per heavy atom. The fraction of sp³-hybridized carbons (Fsp3) is 0.364. The van der Waals surface area contributed by atoms with Crippen LogP contribution in [0.15, 0.2) is 42.9 Å². The third-order valence-corrected chi connectivity index (χ3v) is 5.30. The SMILES string of the molecule is CCN1CC(=O)N(CC)c2cnc(CCc3cnn(Cc4ccc(F)cc4)c3)nc21. The Morgan fingerprint density at radius 3 is 2.57 bits per heavy atom. The molecule has 4 rings (SSSR count). The van der Waals surface area contributed by atoms with Gasteiger partial charge in [0.25, 0.3) is 0 Å². The van der Waals surface area contributed by atoms with Crippen LogP contribution >= 0.6 is 0 Å². The fourth-order valence-corrected chi connectivity index (χ4v) is 3.67. The molecule has 1 amide bonds. The van der Waals surface area contributed by atoms with Crippen LogP contribution < -0.4 is 9.80 Å². The smallest absolute Gasteiger partial charge is 0.246 e. The summed E-state index contributed by atoms with van der Waals surface area (Å²) in [4.78, 5) is 25.3. The van der Waals surface area contributed by atoms with E-state index in [-0.39, 0.29) is 11.7 Å². The normalized spacial score (nSPS) is 13.6. The Kier molecular flexibility index (Phi) is 5.74. The highest BCUT2D eigenvalue weighted by Gasteiger charge is 2.29. The molecular formula is C22H25FN6O. The van der Waals surface area contributed by atoms with Crippen molar-refractivity contribution in [2.75, 3.05) is 29.4 Å². The summed E-state index contributed by atoms with van der Waals surface area (Å²) >= 11 is 0. The number of carbonyl (C=O) groups is 1. The van der Waals surface area contributed by atoms with Crippen molar-refractivity contribution in [2.45, 2.75) is 33.2 Å². The molecule has 0 radical (unpaired) electrons. The van der Waals surface area contributed by atoms with Crippen LogP contribution in [0.5, 0.6) is 0 Å². The van der Waals surface area contributed by atoms with Crippen molar-refractivity contribution < 1.29 is 9.18 Å². The minimum absolute atomic E-state index is 0.0803. The van der Waals surface area contributed by atoms with Gasteiger partial charge in [0, 0.05) is 25.7 Å². The molecule has 7 nitrogen and oxygen atoms in total. The predicted molar refractivity (Wildman–Crippen MR) is 113 cm³/mol. The standard InChI is InChI=1S/C22H25FN6O/c1-3-27-15-21(30)29(4-2)19-12-24-20(26-22(19)27)10-7-17-11-25-28(14-17)13-16-5-8-18(23)9-6-16/h5-6,8-9,11-12,14H,3-4,7,10,13,15H2,1-2H3. The maximum absolute atomic E-state index is 13.0. The molecule has 0 atom stereocenters. The van der Waals surface area contributed by atoms with Crippen LogP contribution in [0.25, 0.3) is 0 Å². The lowest BCUT2D eigenvalue weighted by Gasteiger charge is -2.35. The lowest BCUT2D eigenvalue weighted by Crippen LogP contribution is -2.46. The van der Waals surface area contributed by atoms with E-state index in [0.717, 1.165) is 41.4 Å². The molecule has 0 saturated carbocycles. The molecule has 30 heavy (non-hydrogen) atoms. The predicted octanol–water partition coefficient (Wildman–Crippen LogP) is 2.84. The van der Waals surface area contributed by atoms with Crippen LogP contribution in [-0.2, 0) is 24.2 Å². The summed E-state index contributed by atoms with van der Waals surface area (Å²) < 4.78 is 14.9. The number of likely N-dealkylation sites (N-methyl/N-ethyl adjacent to an activating group) is 2. The van der Waals surface area contributed by atoms with Gasteiger partial charge in [-0.1, -0.05) is 12.1 Å². The van der Waals surface area contributed by atoms with Gasteiger partial charge in [-0.3, -0.25) is 9.48 Å². The molecule has 0 aliphatic carbocycles. The van der Waals surface area contributed by atoms with E-state index in [1.54, 1.807) is 23.2 Å². The lowest BCUT2D eigenvalue weighted by molar-refractivity contribution is -0.117. The first-order valence-electron chi connectivity index (χ1n) is 10.2. The average Bonchev–Trinajstić information content (AvgIpc) is 3.20. The summed E-state index contributed by atoms with van der Waals surface area (Å²) in [5.41, 5.74) is 2.88. The molecule has 0 unspecified atom stereocenters. The Bertz CT molecular complexity index is 1030. The van der Waals surface area contributed by atoms with Gasteiger partial charge in [-0.15, -0.1) is 0 Å². The van der Waals surface area contributed by atoms with Crippen molar-refractivity contribution in [3.05, 3.63) is 65.6 Å². The number of fused-ring (bicyclic) bond motifs is 1. The van der Waals surface area contributed by atoms with Crippen LogP contribution in [-0.4, -0.2) is 45.3 Å². The lowest BCUT2D eigenvalue weighted by atomic mass is 10.2. The molecule has 0 fully saturated rings. The van der Waals surface area contributed by atoms with E-state index in [4.69, 9.17) is 4.98 Å². The van der Waals surface area contributed by atoms with E-state index in [0.29, 0.717) is 26.1 Å². The van der Waals surface area contributed by atoms with E-state index in [1.807, 2.05) is 35.8 Å². The van der Waals surface area contributed by atoms with Crippen molar-refractivity contribution in [1.29, 1.82) is 0 Å².